The van der Waals surface area contributed by atoms with Gasteiger partial charge in [0.2, 0.25) is 0 Å². The van der Waals surface area contributed by atoms with E-state index >= 15 is 0 Å². The van der Waals surface area contributed by atoms with Crippen molar-refractivity contribution in [2.45, 2.75) is 40.2 Å². The average Bonchev–Trinajstić information content (AvgIpc) is 2.64. The zero-order valence-corrected chi connectivity index (χ0v) is 12.6. The van der Waals surface area contributed by atoms with E-state index in [1.54, 1.807) is 13.8 Å². The van der Waals surface area contributed by atoms with E-state index in [4.69, 9.17) is 5.11 Å². The molecule has 1 aromatic rings. The number of nitrogens with zero attached hydrogens (tertiary/aromatic N) is 1. The molecule has 1 heterocycles. The molecule has 0 saturated carbocycles. The van der Waals surface area contributed by atoms with E-state index in [0.717, 1.165) is 16.0 Å². The summed E-state index contributed by atoms with van der Waals surface area (Å²) in [6.07, 6.45) is -0.235. The first-order chi connectivity index (χ1) is 9.75. The third-order valence-electron chi connectivity index (χ3n) is 3.97. The summed E-state index contributed by atoms with van der Waals surface area (Å²) >= 11 is 0. The maximum atomic E-state index is 12.6. The number of carboxylic acid groups (broad SMARTS) is 1. The van der Waals surface area contributed by atoms with Gasteiger partial charge < -0.3 is 5.11 Å². The molecule has 0 radical (unpaired) electrons. The van der Waals surface area contributed by atoms with Crippen molar-refractivity contribution in [3.8, 4) is 0 Å². The van der Waals surface area contributed by atoms with E-state index in [1.807, 2.05) is 26.0 Å². The van der Waals surface area contributed by atoms with Crippen LogP contribution in [0.1, 0.15) is 52.1 Å². The second kappa shape index (κ2) is 5.31. The lowest BCUT2D eigenvalue weighted by Gasteiger charge is -2.28. The van der Waals surface area contributed by atoms with Crippen molar-refractivity contribution in [1.29, 1.82) is 0 Å². The van der Waals surface area contributed by atoms with Crippen LogP contribution in [0.3, 0.4) is 0 Å². The van der Waals surface area contributed by atoms with Gasteiger partial charge in [0.25, 0.3) is 11.8 Å². The minimum absolute atomic E-state index is 0.121. The topological polar surface area (TPSA) is 74.7 Å². The predicted molar refractivity (Wildman–Crippen MR) is 77.3 cm³/mol. The van der Waals surface area contributed by atoms with Crippen LogP contribution >= 0.6 is 0 Å². The van der Waals surface area contributed by atoms with Crippen LogP contribution in [-0.4, -0.2) is 33.8 Å². The highest BCUT2D eigenvalue weighted by Gasteiger charge is 2.43. The number of hydrogen-bond donors (Lipinski definition) is 1. The van der Waals surface area contributed by atoms with Crippen LogP contribution in [-0.2, 0) is 4.79 Å². The molecule has 5 nitrogen and oxygen atoms in total. The molecule has 0 aromatic heterocycles. The third-order valence-corrected chi connectivity index (χ3v) is 3.97. The van der Waals surface area contributed by atoms with Gasteiger partial charge in [-0.25, -0.2) is 0 Å². The third kappa shape index (κ3) is 2.44. The maximum absolute atomic E-state index is 12.6. The molecular weight excluding hydrogens is 270 g/mol. The molecule has 1 aliphatic rings. The van der Waals surface area contributed by atoms with Gasteiger partial charge in [-0.15, -0.1) is 0 Å². The highest BCUT2D eigenvalue weighted by Crippen LogP contribution is 2.32. The number of rotatable bonds is 4. The monoisotopic (exact) mass is 289 g/mol. The summed E-state index contributed by atoms with van der Waals surface area (Å²) in [5.74, 6) is -1.89. The summed E-state index contributed by atoms with van der Waals surface area (Å²) in [6.45, 7) is 7.21. The van der Waals surface area contributed by atoms with Gasteiger partial charge in [-0.3, -0.25) is 19.3 Å². The molecule has 0 aliphatic carbocycles. The molecule has 1 aromatic carbocycles. The Morgan fingerprint density at radius 3 is 1.86 bits per heavy atom. The minimum Gasteiger partial charge on any atom is -0.481 e. The number of fused-ring (bicyclic) bond motifs is 1. The van der Waals surface area contributed by atoms with Gasteiger partial charge in [-0.1, -0.05) is 26.0 Å². The van der Waals surface area contributed by atoms with Crippen molar-refractivity contribution >= 4 is 17.8 Å². The lowest BCUT2D eigenvalue weighted by Crippen LogP contribution is -2.44. The zero-order chi connectivity index (χ0) is 15.9. The van der Waals surface area contributed by atoms with E-state index in [-0.39, 0.29) is 24.2 Å². The Morgan fingerprint density at radius 1 is 1.10 bits per heavy atom. The molecule has 1 unspecified atom stereocenters. The van der Waals surface area contributed by atoms with Gasteiger partial charge in [-0.05, 0) is 30.9 Å². The molecule has 1 aliphatic heterocycles. The predicted octanol–water partition coefficient (Wildman–Crippen LogP) is 2.40. The first kappa shape index (κ1) is 15.2. The van der Waals surface area contributed by atoms with Crippen LogP contribution in [0.15, 0.2) is 12.1 Å². The van der Waals surface area contributed by atoms with Crippen molar-refractivity contribution in [1.82, 2.24) is 4.90 Å². The number of hydrogen-bond acceptors (Lipinski definition) is 3. The molecule has 0 bridgehead atoms. The molecule has 2 amide bonds. The van der Waals surface area contributed by atoms with Crippen LogP contribution in [0.2, 0.25) is 0 Å². The van der Waals surface area contributed by atoms with Crippen LogP contribution < -0.4 is 0 Å². The van der Waals surface area contributed by atoms with Crippen molar-refractivity contribution in [2.75, 3.05) is 0 Å². The van der Waals surface area contributed by atoms with E-state index in [0.29, 0.717) is 11.1 Å². The fraction of sp³-hybridized carbons (Fsp3) is 0.438. The van der Waals surface area contributed by atoms with Gasteiger partial charge in [-0.2, -0.15) is 0 Å². The van der Waals surface area contributed by atoms with Crippen molar-refractivity contribution in [3.05, 3.63) is 34.4 Å². The fourth-order valence-electron chi connectivity index (χ4n) is 2.80. The SMILES string of the molecule is Cc1ccc(C)c2c1C(=O)N(C(CC(=O)O)C(C)C)C2=O. The number of carbonyl (C=O) groups is 3. The number of benzene rings is 1. The highest BCUT2D eigenvalue weighted by molar-refractivity contribution is 6.23. The van der Waals surface area contributed by atoms with Crippen LogP contribution in [0.4, 0.5) is 0 Å². The molecule has 1 N–H and O–H groups in total. The van der Waals surface area contributed by atoms with Gasteiger partial charge >= 0.3 is 5.97 Å². The lowest BCUT2D eigenvalue weighted by atomic mass is 9.99. The smallest absolute Gasteiger partial charge is 0.305 e. The minimum atomic E-state index is -1.02. The summed E-state index contributed by atoms with van der Waals surface area (Å²) in [7, 11) is 0. The number of aryl methyl sites for hydroxylation is 2. The molecule has 0 saturated heterocycles. The second-order valence-corrected chi connectivity index (χ2v) is 5.84. The molecule has 0 fully saturated rings. The number of amides is 2. The number of aliphatic carboxylic acids is 1. The Hall–Kier alpha value is -2.17. The Morgan fingerprint density at radius 2 is 1.52 bits per heavy atom. The summed E-state index contributed by atoms with van der Waals surface area (Å²) in [6, 6.07) is 2.99. The number of imide groups is 1. The van der Waals surface area contributed by atoms with E-state index in [9.17, 15) is 14.4 Å². The Labute approximate surface area is 123 Å². The van der Waals surface area contributed by atoms with E-state index in [2.05, 4.69) is 0 Å². The van der Waals surface area contributed by atoms with Gasteiger partial charge in [0.05, 0.1) is 23.6 Å². The molecule has 112 valence electrons. The number of carboxylic acids is 1. The first-order valence-electron chi connectivity index (χ1n) is 6.95. The summed E-state index contributed by atoms with van der Waals surface area (Å²) in [5.41, 5.74) is 2.32. The Kier molecular flexibility index (Phi) is 3.85. The van der Waals surface area contributed by atoms with Crippen molar-refractivity contribution in [2.24, 2.45) is 5.92 Å². The summed E-state index contributed by atoms with van der Waals surface area (Å²) < 4.78 is 0. The Bertz CT molecular complexity index is 592. The van der Waals surface area contributed by atoms with Gasteiger partial charge in [0.15, 0.2) is 0 Å². The average molecular weight is 289 g/mol. The summed E-state index contributed by atoms with van der Waals surface area (Å²) in [4.78, 5) is 37.4. The molecule has 1 atom stereocenters. The normalized spacial score (nSPS) is 15.6. The van der Waals surface area contributed by atoms with Crippen LogP contribution in [0, 0.1) is 19.8 Å². The maximum Gasteiger partial charge on any atom is 0.305 e. The Balaban J connectivity index is 2.52. The largest absolute Gasteiger partial charge is 0.481 e. The zero-order valence-electron chi connectivity index (χ0n) is 12.6. The first-order valence-corrected chi connectivity index (χ1v) is 6.95. The van der Waals surface area contributed by atoms with Crippen molar-refractivity contribution < 1.29 is 19.5 Å². The molecule has 21 heavy (non-hydrogen) atoms. The molecule has 2 rings (SSSR count). The second-order valence-electron chi connectivity index (χ2n) is 5.84. The fourth-order valence-corrected chi connectivity index (χ4v) is 2.80. The van der Waals surface area contributed by atoms with E-state index in [1.165, 1.54) is 0 Å². The summed E-state index contributed by atoms with van der Waals surface area (Å²) in [5, 5.41) is 9.04. The van der Waals surface area contributed by atoms with Crippen molar-refractivity contribution in [3.63, 3.8) is 0 Å². The molecule has 5 heteroatoms. The van der Waals surface area contributed by atoms with Crippen LogP contribution in [0.5, 0.6) is 0 Å². The standard InChI is InChI=1S/C16H19NO4/c1-8(2)11(7-12(18)19)17-15(20)13-9(3)5-6-10(4)14(13)16(17)21/h5-6,8,11H,7H2,1-4H3,(H,18,19). The quantitative estimate of drug-likeness (QED) is 0.864. The molecule has 0 spiro atoms. The molecular formula is C16H19NO4. The highest BCUT2D eigenvalue weighted by atomic mass is 16.4. The van der Waals surface area contributed by atoms with Gasteiger partial charge in [0.1, 0.15) is 0 Å². The van der Waals surface area contributed by atoms with Crippen LogP contribution in [0.25, 0.3) is 0 Å². The lowest BCUT2D eigenvalue weighted by molar-refractivity contribution is -0.138. The number of carbonyl (C=O) groups excluding carboxylic acids is 2. The van der Waals surface area contributed by atoms with Gasteiger partial charge in [0, 0.05) is 0 Å². The van der Waals surface area contributed by atoms with E-state index < -0.39 is 12.0 Å².